The van der Waals surface area contributed by atoms with Crippen molar-refractivity contribution in [2.45, 2.75) is 69.5 Å². The summed E-state index contributed by atoms with van der Waals surface area (Å²) in [6, 6.07) is 5.79. The standard InChI is InChI=1S/C29H37N5O6/c1-5-8-16-39-27(38)23-22-25(36)34(19(7-3)17-35)24(29(22)14-13-28(23,4)40-29)26(37)32(15-6-2)18-33-21-12-10-9-11-20(21)30-31-33/h5-6,9-12,19,22-24,35H,1-2,7-8,13-18H2,3-4H3/t19-,22-,23+,24?,28-,29?/m0/s1. The van der Waals surface area contributed by atoms with Gasteiger partial charge in [-0.05, 0) is 44.7 Å². The maximum absolute atomic E-state index is 14.5. The Morgan fingerprint density at radius 3 is 2.77 bits per heavy atom. The van der Waals surface area contributed by atoms with E-state index in [2.05, 4.69) is 23.5 Å². The molecule has 11 nitrogen and oxygen atoms in total. The largest absolute Gasteiger partial charge is 0.465 e. The Balaban J connectivity index is 1.54. The van der Waals surface area contributed by atoms with Crippen LogP contribution >= 0.6 is 0 Å². The van der Waals surface area contributed by atoms with E-state index in [9.17, 15) is 19.5 Å². The van der Waals surface area contributed by atoms with Crippen molar-refractivity contribution in [2.75, 3.05) is 19.8 Å². The maximum atomic E-state index is 14.5. The number of fused-ring (bicyclic) bond motifs is 2. The molecule has 2 bridgehead atoms. The summed E-state index contributed by atoms with van der Waals surface area (Å²) in [5.41, 5.74) is -0.714. The van der Waals surface area contributed by atoms with Crippen LogP contribution in [0.5, 0.6) is 0 Å². The highest BCUT2D eigenvalue weighted by Crippen LogP contribution is 2.63. The highest BCUT2D eigenvalue weighted by atomic mass is 16.6. The van der Waals surface area contributed by atoms with Gasteiger partial charge in [0.15, 0.2) is 0 Å². The van der Waals surface area contributed by atoms with Gasteiger partial charge < -0.3 is 24.4 Å². The highest BCUT2D eigenvalue weighted by Gasteiger charge is 2.79. The second kappa shape index (κ2) is 10.8. The van der Waals surface area contributed by atoms with Gasteiger partial charge in [-0.3, -0.25) is 14.4 Å². The fraction of sp³-hybridized carbons (Fsp3) is 0.552. The molecule has 6 atom stereocenters. The Hall–Kier alpha value is -3.57. The molecule has 11 heteroatoms. The molecule has 1 N–H and O–H groups in total. The summed E-state index contributed by atoms with van der Waals surface area (Å²) in [6.45, 7) is 11.3. The fourth-order valence-corrected chi connectivity index (χ4v) is 6.87. The zero-order chi connectivity index (χ0) is 28.7. The number of hydrogen-bond donors (Lipinski definition) is 1. The van der Waals surface area contributed by atoms with E-state index in [-0.39, 0.29) is 38.2 Å². The molecule has 2 unspecified atom stereocenters. The van der Waals surface area contributed by atoms with E-state index < -0.39 is 41.1 Å². The summed E-state index contributed by atoms with van der Waals surface area (Å²) in [6.07, 6.45) is 5.12. The van der Waals surface area contributed by atoms with Crippen molar-refractivity contribution in [2.24, 2.45) is 11.8 Å². The zero-order valence-electron chi connectivity index (χ0n) is 23.1. The molecule has 0 radical (unpaired) electrons. The van der Waals surface area contributed by atoms with Gasteiger partial charge in [-0.25, -0.2) is 4.68 Å². The normalized spacial score (nSPS) is 29.4. The molecular weight excluding hydrogens is 514 g/mol. The van der Waals surface area contributed by atoms with Gasteiger partial charge in [-0.1, -0.05) is 36.4 Å². The number of nitrogens with zero attached hydrogens (tertiary/aromatic N) is 5. The van der Waals surface area contributed by atoms with Crippen LogP contribution in [0.3, 0.4) is 0 Å². The molecule has 2 amide bonds. The highest BCUT2D eigenvalue weighted by molar-refractivity contribution is 5.98. The van der Waals surface area contributed by atoms with Crippen molar-refractivity contribution in [1.82, 2.24) is 24.8 Å². The van der Waals surface area contributed by atoms with Crippen LogP contribution in [0.15, 0.2) is 49.6 Å². The third-order valence-corrected chi connectivity index (χ3v) is 8.73. The first-order valence-electron chi connectivity index (χ1n) is 13.8. The Morgan fingerprint density at radius 2 is 2.08 bits per heavy atom. The molecule has 5 rings (SSSR count). The second-order valence-electron chi connectivity index (χ2n) is 11.0. The maximum Gasteiger partial charge on any atom is 0.312 e. The molecule has 2 aromatic rings. The van der Waals surface area contributed by atoms with E-state index in [0.717, 1.165) is 5.52 Å². The monoisotopic (exact) mass is 551 g/mol. The van der Waals surface area contributed by atoms with Crippen molar-refractivity contribution in [3.8, 4) is 0 Å². The average molecular weight is 552 g/mol. The van der Waals surface area contributed by atoms with Gasteiger partial charge in [0.2, 0.25) is 11.8 Å². The van der Waals surface area contributed by atoms with E-state index in [1.807, 2.05) is 38.1 Å². The number of aliphatic hydroxyl groups excluding tert-OH is 1. The second-order valence-corrected chi connectivity index (χ2v) is 11.0. The summed E-state index contributed by atoms with van der Waals surface area (Å²) in [5.74, 6) is -2.98. The van der Waals surface area contributed by atoms with Gasteiger partial charge in [0.25, 0.3) is 0 Å². The first kappa shape index (κ1) is 28.0. The van der Waals surface area contributed by atoms with Crippen molar-refractivity contribution in [1.29, 1.82) is 0 Å². The first-order valence-corrected chi connectivity index (χ1v) is 13.8. The van der Waals surface area contributed by atoms with Crippen molar-refractivity contribution < 1.29 is 29.0 Å². The lowest BCUT2D eigenvalue weighted by Crippen LogP contribution is -2.59. The van der Waals surface area contributed by atoms with Gasteiger partial charge in [-0.15, -0.1) is 18.3 Å². The Bertz CT molecular complexity index is 1320. The summed E-state index contributed by atoms with van der Waals surface area (Å²) in [5, 5.41) is 18.7. The van der Waals surface area contributed by atoms with E-state index in [0.29, 0.717) is 31.2 Å². The van der Waals surface area contributed by atoms with E-state index >= 15 is 0 Å². The Kier molecular flexibility index (Phi) is 7.54. The number of rotatable bonds is 12. The minimum atomic E-state index is -1.22. The molecule has 3 fully saturated rings. The first-order chi connectivity index (χ1) is 19.3. The summed E-state index contributed by atoms with van der Waals surface area (Å²) in [7, 11) is 0. The summed E-state index contributed by atoms with van der Waals surface area (Å²) < 4.78 is 13.8. The predicted molar refractivity (Wildman–Crippen MR) is 145 cm³/mol. The Labute approximate surface area is 233 Å². The molecular formula is C29H37N5O6. The van der Waals surface area contributed by atoms with Gasteiger partial charge in [0.05, 0.1) is 36.3 Å². The third kappa shape index (κ3) is 4.23. The number of esters is 1. The number of ether oxygens (including phenoxy) is 2. The van der Waals surface area contributed by atoms with Crippen LogP contribution in [-0.2, 0) is 30.5 Å². The minimum Gasteiger partial charge on any atom is -0.465 e. The van der Waals surface area contributed by atoms with Crippen LogP contribution < -0.4 is 0 Å². The molecule has 0 saturated carbocycles. The van der Waals surface area contributed by atoms with Gasteiger partial charge >= 0.3 is 5.97 Å². The lowest BCUT2D eigenvalue weighted by atomic mass is 9.66. The number of para-hydroxylation sites is 1. The number of aromatic nitrogens is 3. The zero-order valence-corrected chi connectivity index (χ0v) is 23.1. The van der Waals surface area contributed by atoms with Crippen molar-refractivity contribution in [3.63, 3.8) is 0 Å². The molecule has 1 aromatic carbocycles. The molecule has 3 saturated heterocycles. The van der Waals surface area contributed by atoms with Crippen molar-refractivity contribution in [3.05, 3.63) is 49.6 Å². The summed E-state index contributed by atoms with van der Waals surface area (Å²) in [4.78, 5) is 45.2. The van der Waals surface area contributed by atoms with Crippen LogP contribution in [0.25, 0.3) is 11.0 Å². The topological polar surface area (TPSA) is 127 Å². The fourth-order valence-electron chi connectivity index (χ4n) is 6.87. The molecule has 0 aliphatic carbocycles. The van der Waals surface area contributed by atoms with Crippen molar-refractivity contribution >= 4 is 28.8 Å². The van der Waals surface area contributed by atoms with Crippen LogP contribution in [0, 0.1) is 11.8 Å². The van der Waals surface area contributed by atoms with Crippen LogP contribution in [-0.4, -0.2) is 90.7 Å². The number of likely N-dealkylation sites (tertiary alicyclic amines) is 1. The molecule has 1 spiro atoms. The molecule has 40 heavy (non-hydrogen) atoms. The van der Waals surface area contributed by atoms with E-state index in [1.165, 1.54) is 4.90 Å². The van der Waals surface area contributed by atoms with Gasteiger partial charge in [-0.2, -0.15) is 0 Å². The minimum absolute atomic E-state index is 0.0743. The number of amides is 2. The number of carbonyl (C=O) groups excluding carboxylic acids is 3. The van der Waals surface area contributed by atoms with Gasteiger partial charge in [0.1, 0.15) is 29.7 Å². The molecule has 214 valence electrons. The van der Waals surface area contributed by atoms with Gasteiger partial charge in [0, 0.05) is 6.54 Å². The Morgan fingerprint density at radius 1 is 1.30 bits per heavy atom. The smallest absolute Gasteiger partial charge is 0.312 e. The lowest BCUT2D eigenvalue weighted by Gasteiger charge is -2.39. The van der Waals surface area contributed by atoms with E-state index in [4.69, 9.17) is 9.47 Å². The number of hydrogen-bond acceptors (Lipinski definition) is 8. The SMILES string of the molecule is C=CCCOC(=O)[C@H]1[C@H]2C(=O)N([C@@H](CC)CO)C(C(=O)N(CC=C)Cn3nnc4ccccc43)C23CC[C@]1(C)O3. The average Bonchev–Trinajstić information content (AvgIpc) is 3.65. The predicted octanol–water partition coefficient (Wildman–Crippen LogP) is 2.06. The molecule has 3 aliphatic heterocycles. The molecule has 3 aliphatic rings. The quantitative estimate of drug-likeness (QED) is 0.241. The molecule has 4 heterocycles. The number of aliphatic hydroxyl groups is 1. The number of benzene rings is 1. The number of carbonyl (C=O) groups is 3. The molecule has 1 aromatic heterocycles. The third-order valence-electron chi connectivity index (χ3n) is 8.73. The lowest BCUT2D eigenvalue weighted by molar-refractivity contribution is -0.162. The van der Waals surface area contributed by atoms with Crippen LogP contribution in [0.2, 0.25) is 0 Å². The summed E-state index contributed by atoms with van der Waals surface area (Å²) >= 11 is 0. The van der Waals surface area contributed by atoms with Crippen LogP contribution in [0.4, 0.5) is 0 Å². The van der Waals surface area contributed by atoms with E-state index in [1.54, 1.807) is 21.7 Å². The van der Waals surface area contributed by atoms with Crippen LogP contribution in [0.1, 0.15) is 39.5 Å².